The summed E-state index contributed by atoms with van der Waals surface area (Å²) in [6.07, 6.45) is 4.53. The molecular formula is C19H23N3O3S. The molecule has 1 amide bonds. The summed E-state index contributed by atoms with van der Waals surface area (Å²) in [4.78, 5) is 18.5. The second-order valence-electron chi connectivity index (χ2n) is 6.46. The van der Waals surface area contributed by atoms with E-state index in [-0.39, 0.29) is 5.91 Å². The topological polar surface area (TPSA) is 70.6 Å². The standard InChI is InChI=1S/C19H23N3O3S/c1-16-4-7-18(8-5-16)26(24,25)22-13-11-21(12-14-22)19(23)9-6-17-3-2-10-20-15-17/h2-5,7-8,10,15H,6,9,11-14H2,1H3. The highest BCUT2D eigenvalue weighted by Gasteiger charge is 2.29. The predicted octanol–water partition coefficient (Wildman–Crippen LogP) is 1.86. The van der Waals surface area contributed by atoms with Gasteiger partial charge in [-0.15, -0.1) is 0 Å². The Morgan fingerprint density at radius 3 is 2.38 bits per heavy atom. The Bertz CT molecular complexity index is 843. The molecule has 6 nitrogen and oxygen atoms in total. The van der Waals surface area contributed by atoms with E-state index < -0.39 is 10.0 Å². The average Bonchev–Trinajstić information content (AvgIpc) is 2.67. The second-order valence-corrected chi connectivity index (χ2v) is 8.40. The highest BCUT2D eigenvalue weighted by Crippen LogP contribution is 2.18. The molecule has 0 aliphatic carbocycles. The van der Waals surface area contributed by atoms with Crippen LogP contribution in [0.25, 0.3) is 0 Å². The lowest BCUT2D eigenvalue weighted by atomic mass is 10.1. The maximum absolute atomic E-state index is 12.7. The van der Waals surface area contributed by atoms with Crippen molar-refractivity contribution in [2.24, 2.45) is 0 Å². The largest absolute Gasteiger partial charge is 0.340 e. The molecule has 1 aromatic carbocycles. The summed E-state index contributed by atoms with van der Waals surface area (Å²) in [6.45, 7) is 3.43. The van der Waals surface area contributed by atoms with Crippen molar-refractivity contribution in [3.8, 4) is 0 Å². The molecule has 0 radical (unpaired) electrons. The van der Waals surface area contributed by atoms with Crippen LogP contribution < -0.4 is 0 Å². The van der Waals surface area contributed by atoms with E-state index in [9.17, 15) is 13.2 Å². The van der Waals surface area contributed by atoms with Gasteiger partial charge in [0.1, 0.15) is 0 Å². The second kappa shape index (κ2) is 7.97. The molecule has 26 heavy (non-hydrogen) atoms. The zero-order valence-electron chi connectivity index (χ0n) is 14.8. The Hall–Kier alpha value is -2.25. The molecule has 0 spiro atoms. The average molecular weight is 373 g/mol. The molecule has 1 aliphatic rings. The Morgan fingerprint density at radius 2 is 1.77 bits per heavy atom. The number of nitrogens with zero attached hydrogens (tertiary/aromatic N) is 3. The van der Waals surface area contributed by atoms with Gasteiger partial charge in [-0.2, -0.15) is 4.31 Å². The lowest BCUT2D eigenvalue weighted by Crippen LogP contribution is -2.50. The van der Waals surface area contributed by atoms with Gasteiger partial charge in [-0.05, 0) is 37.1 Å². The number of aromatic nitrogens is 1. The molecule has 2 aromatic rings. The van der Waals surface area contributed by atoms with Crippen LogP contribution in [0.1, 0.15) is 17.5 Å². The number of hydrogen-bond donors (Lipinski definition) is 0. The van der Waals surface area contributed by atoms with Crippen molar-refractivity contribution >= 4 is 15.9 Å². The zero-order chi connectivity index (χ0) is 18.6. The van der Waals surface area contributed by atoms with Crippen molar-refractivity contribution in [1.29, 1.82) is 0 Å². The number of carbonyl (C=O) groups excluding carboxylic acids is 1. The van der Waals surface area contributed by atoms with Crippen LogP contribution in [0.15, 0.2) is 53.7 Å². The third kappa shape index (κ3) is 4.28. The molecule has 7 heteroatoms. The first-order valence-electron chi connectivity index (χ1n) is 8.70. The first-order chi connectivity index (χ1) is 12.5. The van der Waals surface area contributed by atoms with Crippen LogP contribution >= 0.6 is 0 Å². The summed E-state index contributed by atoms with van der Waals surface area (Å²) < 4.78 is 26.9. The molecule has 0 atom stereocenters. The Labute approximate surface area is 154 Å². The van der Waals surface area contributed by atoms with E-state index >= 15 is 0 Å². The van der Waals surface area contributed by atoms with E-state index in [0.29, 0.717) is 43.9 Å². The van der Waals surface area contributed by atoms with Crippen LogP contribution in [0.5, 0.6) is 0 Å². The van der Waals surface area contributed by atoms with Crippen LogP contribution in [0.3, 0.4) is 0 Å². The molecule has 0 saturated carbocycles. The van der Waals surface area contributed by atoms with Crippen molar-refractivity contribution in [2.45, 2.75) is 24.7 Å². The minimum atomic E-state index is -3.50. The predicted molar refractivity (Wildman–Crippen MR) is 99.1 cm³/mol. The number of piperazine rings is 1. The SMILES string of the molecule is Cc1ccc(S(=O)(=O)N2CCN(C(=O)CCc3cccnc3)CC2)cc1. The molecule has 0 bridgehead atoms. The van der Waals surface area contributed by atoms with Crippen molar-refractivity contribution in [1.82, 2.24) is 14.2 Å². The Kier molecular flexibility index (Phi) is 5.68. The molecular weight excluding hydrogens is 350 g/mol. The molecule has 1 saturated heterocycles. The van der Waals surface area contributed by atoms with Gasteiger partial charge in [-0.1, -0.05) is 23.8 Å². The van der Waals surface area contributed by atoms with E-state index in [2.05, 4.69) is 4.98 Å². The van der Waals surface area contributed by atoms with Crippen molar-refractivity contribution < 1.29 is 13.2 Å². The minimum Gasteiger partial charge on any atom is -0.340 e. The summed E-state index contributed by atoms with van der Waals surface area (Å²) >= 11 is 0. The van der Waals surface area contributed by atoms with Crippen molar-refractivity contribution in [3.05, 3.63) is 59.9 Å². The third-order valence-corrected chi connectivity index (χ3v) is 6.51. The summed E-state index contributed by atoms with van der Waals surface area (Å²) in [6, 6.07) is 10.7. The van der Waals surface area contributed by atoms with Crippen molar-refractivity contribution in [2.75, 3.05) is 26.2 Å². The summed E-state index contributed by atoms with van der Waals surface area (Å²) in [5, 5.41) is 0. The van der Waals surface area contributed by atoms with Crippen LogP contribution in [-0.4, -0.2) is 54.7 Å². The van der Waals surface area contributed by atoms with Gasteiger partial charge in [0.25, 0.3) is 0 Å². The van der Waals surface area contributed by atoms with E-state index in [0.717, 1.165) is 11.1 Å². The van der Waals surface area contributed by atoms with Crippen LogP contribution in [0.2, 0.25) is 0 Å². The lowest BCUT2D eigenvalue weighted by molar-refractivity contribution is -0.132. The smallest absolute Gasteiger partial charge is 0.243 e. The number of rotatable bonds is 5. The quantitative estimate of drug-likeness (QED) is 0.802. The van der Waals surface area contributed by atoms with Crippen LogP contribution in [0, 0.1) is 6.92 Å². The van der Waals surface area contributed by atoms with Gasteiger partial charge in [0, 0.05) is 45.0 Å². The van der Waals surface area contributed by atoms with Crippen LogP contribution in [0.4, 0.5) is 0 Å². The fourth-order valence-electron chi connectivity index (χ4n) is 2.99. The maximum Gasteiger partial charge on any atom is 0.243 e. The number of hydrogen-bond acceptors (Lipinski definition) is 4. The fraction of sp³-hybridized carbons (Fsp3) is 0.368. The highest BCUT2D eigenvalue weighted by atomic mass is 32.2. The Morgan fingerprint density at radius 1 is 1.08 bits per heavy atom. The minimum absolute atomic E-state index is 0.0567. The monoisotopic (exact) mass is 373 g/mol. The van der Waals surface area contributed by atoms with Crippen molar-refractivity contribution in [3.63, 3.8) is 0 Å². The fourth-order valence-corrected chi connectivity index (χ4v) is 4.41. The summed E-state index contributed by atoms with van der Waals surface area (Å²) in [7, 11) is -3.50. The summed E-state index contributed by atoms with van der Waals surface area (Å²) in [5.41, 5.74) is 2.05. The van der Waals surface area contributed by atoms with Gasteiger partial charge in [-0.25, -0.2) is 8.42 Å². The van der Waals surface area contributed by atoms with Gasteiger partial charge in [0.05, 0.1) is 4.90 Å². The number of aryl methyl sites for hydroxylation is 2. The lowest BCUT2D eigenvalue weighted by Gasteiger charge is -2.34. The molecule has 2 heterocycles. The molecule has 1 aliphatic heterocycles. The maximum atomic E-state index is 12.7. The molecule has 3 rings (SSSR count). The van der Waals surface area contributed by atoms with Gasteiger partial charge in [0.2, 0.25) is 15.9 Å². The van der Waals surface area contributed by atoms with E-state index in [1.54, 1.807) is 41.6 Å². The van der Waals surface area contributed by atoms with Crippen LogP contribution in [-0.2, 0) is 21.2 Å². The van der Waals surface area contributed by atoms with E-state index in [1.807, 2.05) is 19.1 Å². The molecule has 1 fully saturated rings. The number of pyridine rings is 1. The van der Waals surface area contributed by atoms with E-state index in [1.165, 1.54) is 4.31 Å². The number of sulfonamides is 1. The highest BCUT2D eigenvalue weighted by molar-refractivity contribution is 7.89. The number of benzene rings is 1. The third-order valence-electron chi connectivity index (χ3n) is 4.60. The van der Waals surface area contributed by atoms with Gasteiger partial charge in [0.15, 0.2) is 0 Å². The van der Waals surface area contributed by atoms with Gasteiger partial charge in [-0.3, -0.25) is 9.78 Å². The van der Waals surface area contributed by atoms with E-state index in [4.69, 9.17) is 0 Å². The molecule has 1 aromatic heterocycles. The molecule has 138 valence electrons. The van der Waals surface area contributed by atoms with Gasteiger partial charge < -0.3 is 4.90 Å². The normalized spacial score (nSPS) is 15.8. The number of amides is 1. The first kappa shape index (κ1) is 18.5. The summed E-state index contributed by atoms with van der Waals surface area (Å²) in [5.74, 6) is 0.0567. The molecule has 0 unspecified atom stereocenters. The first-order valence-corrected chi connectivity index (χ1v) is 10.1. The number of carbonyl (C=O) groups is 1. The van der Waals surface area contributed by atoms with Gasteiger partial charge >= 0.3 is 0 Å². The Balaban J connectivity index is 1.55. The zero-order valence-corrected chi connectivity index (χ0v) is 15.7. The molecule has 0 N–H and O–H groups in total.